The number of aromatic amines is 2. The second kappa shape index (κ2) is 6.65. The Kier molecular flexibility index (Phi) is 4.78. The molecule has 0 fully saturated rings. The smallest absolute Gasteiger partial charge is 0.0718 e. The van der Waals surface area contributed by atoms with Gasteiger partial charge < -0.3 is 15.7 Å². The van der Waals surface area contributed by atoms with Gasteiger partial charge in [0.25, 0.3) is 0 Å². The third kappa shape index (κ3) is 3.17. The fourth-order valence-corrected chi connectivity index (χ4v) is 3.51. The summed E-state index contributed by atoms with van der Waals surface area (Å²) in [7, 11) is 0. The fourth-order valence-electron chi connectivity index (χ4n) is 2.28. The van der Waals surface area contributed by atoms with E-state index < -0.39 is 0 Å². The van der Waals surface area contributed by atoms with Crippen molar-refractivity contribution in [1.82, 2.24) is 9.97 Å². The van der Waals surface area contributed by atoms with Crippen LogP contribution in [0, 0.1) is 0 Å². The summed E-state index contributed by atoms with van der Waals surface area (Å²) in [5, 5.41) is 3.84. The number of hydrogen-bond acceptors (Lipinski definition) is 1. The quantitative estimate of drug-likeness (QED) is 0.269. The molecule has 4 rings (SSSR count). The number of anilines is 1. The monoisotopic (exact) mass is 429 g/mol. The zero-order valence-corrected chi connectivity index (χ0v) is 15.5. The van der Waals surface area contributed by atoms with E-state index in [-0.39, 0.29) is 0 Å². The first kappa shape index (κ1) is 16.5. The van der Waals surface area contributed by atoms with Crippen LogP contribution in [0.15, 0.2) is 47.2 Å². The summed E-state index contributed by atoms with van der Waals surface area (Å²) in [4.78, 5) is 6.05. The Labute approximate surface area is 155 Å². The van der Waals surface area contributed by atoms with Crippen molar-refractivity contribution in [2.45, 2.75) is 0 Å². The van der Waals surface area contributed by atoms with Gasteiger partial charge in [-0.15, -0.1) is 0 Å². The van der Waals surface area contributed by atoms with Crippen molar-refractivity contribution >= 4 is 78.2 Å². The van der Waals surface area contributed by atoms with Crippen LogP contribution >= 0.6 is 50.7 Å². The van der Waals surface area contributed by atoms with Gasteiger partial charge in [-0.3, -0.25) is 0 Å². The normalized spacial score (nSPS) is 10.8. The summed E-state index contributed by atoms with van der Waals surface area (Å²) in [6.45, 7) is 0. The van der Waals surface area contributed by atoms with Crippen molar-refractivity contribution in [3.8, 4) is 0 Å². The van der Waals surface area contributed by atoms with E-state index in [1.165, 1.54) is 0 Å². The second-order valence-electron chi connectivity index (χ2n) is 4.82. The Morgan fingerprint density at radius 3 is 2.26 bits per heavy atom. The van der Waals surface area contributed by atoms with Crippen LogP contribution in [0.2, 0.25) is 15.1 Å². The van der Waals surface area contributed by atoms with Gasteiger partial charge in [-0.2, -0.15) is 0 Å². The average molecular weight is 432 g/mol. The molecule has 23 heavy (non-hydrogen) atoms. The molecule has 4 N–H and O–H groups in total. The van der Waals surface area contributed by atoms with Crippen LogP contribution in [0.3, 0.4) is 0 Å². The number of nitrogens with two attached hydrogens (primary N) is 1. The lowest BCUT2D eigenvalue weighted by Gasteiger charge is -1.97. The molecule has 0 saturated carbocycles. The zero-order chi connectivity index (χ0) is 16.6. The van der Waals surface area contributed by atoms with E-state index in [9.17, 15) is 0 Å². The first-order valence-electron chi connectivity index (χ1n) is 6.60. The zero-order valence-electron chi connectivity index (χ0n) is 11.6. The molecule has 7 heteroatoms. The summed E-state index contributed by atoms with van der Waals surface area (Å²) < 4.78 is 1.04. The Bertz CT molecular complexity index is 955. The minimum atomic E-state index is 0.599. The van der Waals surface area contributed by atoms with Gasteiger partial charge in [0.1, 0.15) is 0 Å². The Hall–Kier alpha value is -1.33. The number of halogens is 4. The van der Waals surface area contributed by atoms with Gasteiger partial charge in [0.15, 0.2) is 0 Å². The molecule has 2 aromatic heterocycles. The van der Waals surface area contributed by atoms with Crippen molar-refractivity contribution in [3.05, 3.63) is 62.3 Å². The van der Waals surface area contributed by atoms with Gasteiger partial charge in [-0.05, 0) is 46.3 Å². The molecule has 0 spiro atoms. The lowest BCUT2D eigenvalue weighted by atomic mass is 10.2. The summed E-state index contributed by atoms with van der Waals surface area (Å²) in [5.41, 5.74) is 8.20. The minimum absolute atomic E-state index is 0.599. The third-order valence-electron chi connectivity index (χ3n) is 3.39. The summed E-state index contributed by atoms with van der Waals surface area (Å²) in [6, 6.07) is 9.25. The fraction of sp³-hybridized carbons (Fsp3) is 0. The molecular weight excluding hydrogens is 420 g/mol. The van der Waals surface area contributed by atoms with E-state index in [1.807, 2.05) is 24.4 Å². The molecule has 2 aromatic carbocycles. The van der Waals surface area contributed by atoms with E-state index in [4.69, 9.17) is 40.5 Å². The molecule has 118 valence electrons. The molecule has 2 heterocycles. The third-order valence-corrected chi connectivity index (χ3v) is 4.99. The SMILES string of the molecule is Clc1ccc(Br)c2[nH]ccc12.Nc1ccc(Cl)c2c(Cl)c[nH]c12. The highest BCUT2D eigenvalue weighted by molar-refractivity contribution is 9.10. The molecule has 0 aliphatic rings. The highest BCUT2D eigenvalue weighted by Crippen LogP contribution is 2.33. The maximum Gasteiger partial charge on any atom is 0.0718 e. The van der Waals surface area contributed by atoms with Crippen molar-refractivity contribution in [2.24, 2.45) is 0 Å². The summed E-state index contributed by atoms with van der Waals surface area (Å²) >= 11 is 21.1. The van der Waals surface area contributed by atoms with Gasteiger partial charge in [0, 0.05) is 27.6 Å². The first-order valence-corrected chi connectivity index (χ1v) is 8.53. The number of hydrogen-bond donors (Lipinski definition) is 3. The lowest BCUT2D eigenvalue weighted by Crippen LogP contribution is -1.85. The summed E-state index contributed by atoms with van der Waals surface area (Å²) in [6.07, 6.45) is 3.55. The number of benzene rings is 2. The van der Waals surface area contributed by atoms with Gasteiger partial charge in [0.2, 0.25) is 0 Å². The lowest BCUT2D eigenvalue weighted by molar-refractivity contribution is 1.47. The van der Waals surface area contributed by atoms with E-state index in [2.05, 4.69) is 25.9 Å². The standard InChI is InChI=1S/C8H5BrClN.C8H6Cl2N2/c9-6-1-2-7(10)5-3-4-11-8(5)6;9-4-1-2-6(11)8-7(4)5(10)3-12-8/h1-4,11H;1-3,12H,11H2. The predicted molar refractivity (Wildman–Crippen MR) is 104 cm³/mol. The van der Waals surface area contributed by atoms with E-state index >= 15 is 0 Å². The van der Waals surface area contributed by atoms with E-state index in [1.54, 1.807) is 18.3 Å². The van der Waals surface area contributed by atoms with Gasteiger partial charge in [0.05, 0.1) is 31.8 Å². The molecule has 0 amide bonds. The van der Waals surface area contributed by atoms with Crippen LogP contribution in [0.25, 0.3) is 21.8 Å². The Morgan fingerprint density at radius 2 is 1.57 bits per heavy atom. The van der Waals surface area contributed by atoms with Crippen LogP contribution in [-0.4, -0.2) is 9.97 Å². The van der Waals surface area contributed by atoms with E-state index in [0.29, 0.717) is 15.7 Å². The number of aromatic nitrogens is 2. The van der Waals surface area contributed by atoms with Crippen LogP contribution in [0.1, 0.15) is 0 Å². The van der Waals surface area contributed by atoms with E-state index in [0.717, 1.165) is 31.3 Å². The number of H-pyrrole nitrogens is 2. The molecule has 3 nitrogen and oxygen atoms in total. The minimum Gasteiger partial charge on any atom is -0.397 e. The molecule has 0 bridgehead atoms. The Morgan fingerprint density at radius 1 is 0.826 bits per heavy atom. The number of nitrogens with one attached hydrogen (secondary N) is 2. The van der Waals surface area contributed by atoms with Crippen LogP contribution in [0.4, 0.5) is 5.69 Å². The first-order chi connectivity index (χ1) is 11.0. The van der Waals surface area contributed by atoms with Crippen LogP contribution in [-0.2, 0) is 0 Å². The van der Waals surface area contributed by atoms with Crippen molar-refractivity contribution in [2.75, 3.05) is 5.73 Å². The van der Waals surface area contributed by atoms with Gasteiger partial charge >= 0.3 is 0 Å². The van der Waals surface area contributed by atoms with Crippen molar-refractivity contribution in [1.29, 1.82) is 0 Å². The molecule has 0 unspecified atom stereocenters. The van der Waals surface area contributed by atoms with Crippen LogP contribution in [0.5, 0.6) is 0 Å². The second-order valence-corrected chi connectivity index (χ2v) is 6.89. The van der Waals surface area contributed by atoms with Crippen LogP contribution < -0.4 is 5.73 Å². The maximum atomic E-state index is 5.93. The highest BCUT2D eigenvalue weighted by Gasteiger charge is 2.07. The number of fused-ring (bicyclic) bond motifs is 2. The molecule has 0 atom stereocenters. The average Bonchev–Trinajstić information content (AvgIpc) is 3.16. The largest absolute Gasteiger partial charge is 0.397 e. The topological polar surface area (TPSA) is 57.6 Å². The van der Waals surface area contributed by atoms with Crippen molar-refractivity contribution in [3.63, 3.8) is 0 Å². The van der Waals surface area contributed by atoms with Gasteiger partial charge in [-0.25, -0.2) is 0 Å². The molecule has 0 radical (unpaired) electrons. The summed E-state index contributed by atoms with van der Waals surface area (Å²) in [5.74, 6) is 0. The molecule has 0 aliphatic carbocycles. The molecule has 4 aromatic rings. The molecular formula is C16H11BrCl3N3. The number of nitrogen functional groups attached to an aromatic ring is 1. The maximum absolute atomic E-state index is 5.93. The van der Waals surface area contributed by atoms with Gasteiger partial charge in [-0.1, -0.05) is 34.8 Å². The molecule has 0 aliphatic heterocycles. The highest BCUT2D eigenvalue weighted by atomic mass is 79.9. The van der Waals surface area contributed by atoms with Crippen molar-refractivity contribution < 1.29 is 0 Å². The molecule has 0 saturated heterocycles. The predicted octanol–water partition coefficient (Wildman–Crippen LogP) is 6.64. The Balaban J connectivity index is 0.000000136. The number of rotatable bonds is 0.